The number of nitrogens with zero attached hydrogens (tertiary/aromatic N) is 3. The molecule has 4 nitrogen and oxygen atoms in total. The van der Waals surface area contributed by atoms with E-state index in [9.17, 15) is 0 Å². The Morgan fingerprint density at radius 1 is 1.35 bits per heavy atom. The van der Waals surface area contributed by atoms with Gasteiger partial charge in [0.25, 0.3) is 0 Å². The van der Waals surface area contributed by atoms with Gasteiger partial charge in [-0.2, -0.15) is 5.10 Å². The lowest BCUT2D eigenvalue weighted by Gasteiger charge is -2.20. The molecule has 3 rings (SSSR count). The summed E-state index contributed by atoms with van der Waals surface area (Å²) in [6.45, 7) is 2.26. The van der Waals surface area contributed by atoms with Crippen LogP contribution in [0.5, 0.6) is 0 Å². The van der Waals surface area contributed by atoms with Crippen LogP contribution in [0.1, 0.15) is 32.6 Å². The van der Waals surface area contributed by atoms with Crippen LogP contribution in [0.4, 0.5) is 5.82 Å². The third-order valence-electron chi connectivity index (χ3n) is 3.74. The highest BCUT2D eigenvalue weighted by Gasteiger charge is 2.21. The summed E-state index contributed by atoms with van der Waals surface area (Å²) >= 11 is 0. The predicted octanol–water partition coefficient (Wildman–Crippen LogP) is 2.72. The molecule has 2 aromatic rings. The molecule has 0 amide bonds. The number of fused-ring (bicyclic) bond motifs is 1. The summed E-state index contributed by atoms with van der Waals surface area (Å²) in [6.07, 6.45) is 9.18. The third-order valence-corrected chi connectivity index (χ3v) is 3.74. The first-order valence-electron chi connectivity index (χ1n) is 6.40. The first-order valence-corrected chi connectivity index (χ1v) is 6.40. The number of aromatic nitrogens is 3. The Morgan fingerprint density at radius 2 is 2.18 bits per heavy atom. The van der Waals surface area contributed by atoms with Crippen molar-refractivity contribution in [1.82, 2.24) is 14.6 Å². The number of anilines is 1. The molecule has 1 unspecified atom stereocenters. The molecule has 0 bridgehead atoms. The van der Waals surface area contributed by atoms with Crippen molar-refractivity contribution in [1.29, 1.82) is 0 Å². The highest BCUT2D eigenvalue weighted by atomic mass is 15.2. The molecule has 2 heterocycles. The number of hydrogen-bond donors (Lipinski definition) is 1. The van der Waals surface area contributed by atoms with Crippen molar-refractivity contribution in [2.45, 2.75) is 38.6 Å². The Labute approximate surface area is 101 Å². The standard InChI is InChI=1S/C13H18N4/c1-10(11-4-2-3-5-11)15-12-7-9-17-13(16-12)6-8-14-17/h6-11H,2-5H2,1H3,(H,15,16). The van der Waals surface area contributed by atoms with Crippen LogP contribution in [0.3, 0.4) is 0 Å². The van der Waals surface area contributed by atoms with E-state index in [0.29, 0.717) is 6.04 Å². The quantitative estimate of drug-likeness (QED) is 0.881. The van der Waals surface area contributed by atoms with Gasteiger partial charge in [-0.05, 0) is 31.7 Å². The van der Waals surface area contributed by atoms with Gasteiger partial charge in [0.1, 0.15) is 5.82 Å². The Kier molecular flexibility index (Phi) is 2.71. The molecule has 90 valence electrons. The van der Waals surface area contributed by atoms with E-state index in [4.69, 9.17) is 0 Å². The molecule has 0 aromatic carbocycles. The number of nitrogens with one attached hydrogen (secondary N) is 1. The van der Waals surface area contributed by atoms with Gasteiger partial charge in [0.2, 0.25) is 0 Å². The molecule has 1 atom stereocenters. The Morgan fingerprint density at radius 3 is 3.00 bits per heavy atom. The lowest BCUT2D eigenvalue weighted by Crippen LogP contribution is -2.24. The summed E-state index contributed by atoms with van der Waals surface area (Å²) in [5, 5.41) is 7.66. The van der Waals surface area contributed by atoms with Crippen molar-refractivity contribution < 1.29 is 0 Å². The fourth-order valence-electron chi connectivity index (χ4n) is 2.70. The van der Waals surface area contributed by atoms with Crippen molar-refractivity contribution in [3.05, 3.63) is 24.5 Å². The van der Waals surface area contributed by atoms with E-state index in [0.717, 1.165) is 17.4 Å². The number of hydrogen-bond acceptors (Lipinski definition) is 3. The van der Waals surface area contributed by atoms with Crippen molar-refractivity contribution in [2.75, 3.05) is 5.32 Å². The summed E-state index contributed by atoms with van der Waals surface area (Å²) in [5.74, 6) is 1.76. The molecule has 17 heavy (non-hydrogen) atoms. The fraction of sp³-hybridized carbons (Fsp3) is 0.538. The van der Waals surface area contributed by atoms with Crippen LogP contribution in [0.15, 0.2) is 24.5 Å². The van der Waals surface area contributed by atoms with E-state index in [1.54, 1.807) is 10.7 Å². The fourth-order valence-corrected chi connectivity index (χ4v) is 2.70. The first-order chi connectivity index (χ1) is 8.33. The highest BCUT2D eigenvalue weighted by Crippen LogP contribution is 2.28. The minimum absolute atomic E-state index is 0.510. The van der Waals surface area contributed by atoms with Crippen molar-refractivity contribution >= 4 is 11.5 Å². The number of rotatable bonds is 3. The van der Waals surface area contributed by atoms with Crippen molar-refractivity contribution in [2.24, 2.45) is 5.92 Å². The average Bonchev–Trinajstić information content (AvgIpc) is 2.99. The van der Waals surface area contributed by atoms with Gasteiger partial charge in [-0.3, -0.25) is 0 Å². The zero-order valence-corrected chi connectivity index (χ0v) is 10.1. The first kappa shape index (κ1) is 10.6. The maximum absolute atomic E-state index is 4.54. The second-order valence-corrected chi connectivity index (χ2v) is 4.92. The summed E-state index contributed by atoms with van der Waals surface area (Å²) in [5.41, 5.74) is 0.897. The van der Waals surface area contributed by atoms with Gasteiger partial charge in [-0.25, -0.2) is 9.50 Å². The van der Waals surface area contributed by atoms with E-state index in [-0.39, 0.29) is 0 Å². The maximum Gasteiger partial charge on any atom is 0.157 e. The summed E-state index contributed by atoms with van der Waals surface area (Å²) in [7, 11) is 0. The van der Waals surface area contributed by atoms with Crippen LogP contribution in [0, 0.1) is 5.92 Å². The monoisotopic (exact) mass is 230 g/mol. The van der Waals surface area contributed by atoms with E-state index < -0.39 is 0 Å². The van der Waals surface area contributed by atoms with E-state index in [1.165, 1.54) is 25.7 Å². The van der Waals surface area contributed by atoms with Gasteiger partial charge in [-0.15, -0.1) is 0 Å². The molecular formula is C13H18N4. The van der Waals surface area contributed by atoms with Crippen LogP contribution >= 0.6 is 0 Å². The summed E-state index contributed by atoms with van der Waals surface area (Å²) in [4.78, 5) is 4.54. The van der Waals surface area contributed by atoms with Gasteiger partial charge in [0, 0.05) is 18.3 Å². The maximum atomic E-state index is 4.54. The second-order valence-electron chi connectivity index (χ2n) is 4.92. The smallest absolute Gasteiger partial charge is 0.157 e. The molecule has 1 fully saturated rings. The lowest BCUT2D eigenvalue weighted by atomic mass is 10.00. The zero-order chi connectivity index (χ0) is 11.7. The van der Waals surface area contributed by atoms with Crippen LogP contribution in [0.2, 0.25) is 0 Å². The minimum Gasteiger partial charge on any atom is -0.367 e. The largest absolute Gasteiger partial charge is 0.367 e. The predicted molar refractivity (Wildman–Crippen MR) is 68.0 cm³/mol. The summed E-state index contributed by atoms with van der Waals surface area (Å²) < 4.78 is 1.78. The summed E-state index contributed by atoms with van der Waals surface area (Å²) in [6, 6.07) is 4.42. The Hall–Kier alpha value is -1.58. The Bertz CT molecular complexity index is 499. The van der Waals surface area contributed by atoms with Gasteiger partial charge >= 0.3 is 0 Å². The SMILES string of the molecule is CC(Nc1ccn2nccc2n1)C1CCCC1. The molecule has 1 saturated carbocycles. The minimum atomic E-state index is 0.510. The molecule has 1 aliphatic carbocycles. The van der Waals surface area contributed by atoms with Gasteiger partial charge < -0.3 is 5.32 Å². The van der Waals surface area contributed by atoms with Crippen LogP contribution in [-0.4, -0.2) is 20.6 Å². The van der Waals surface area contributed by atoms with Gasteiger partial charge in [0.05, 0.1) is 6.20 Å². The molecular weight excluding hydrogens is 212 g/mol. The zero-order valence-electron chi connectivity index (χ0n) is 10.1. The van der Waals surface area contributed by atoms with Crippen LogP contribution in [-0.2, 0) is 0 Å². The molecule has 1 aliphatic rings. The molecule has 0 radical (unpaired) electrons. The lowest BCUT2D eigenvalue weighted by molar-refractivity contribution is 0.481. The topological polar surface area (TPSA) is 42.2 Å². The van der Waals surface area contributed by atoms with E-state index in [2.05, 4.69) is 22.3 Å². The highest BCUT2D eigenvalue weighted by molar-refractivity contribution is 5.45. The second kappa shape index (κ2) is 4.35. The molecule has 4 heteroatoms. The van der Waals surface area contributed by atoms with Crippen molar-refractivity contribution in [3.8, 4) is 0 Å². The third kappa shape index (κ3) is 2.12. The molecule has 1 N–H and O–H groups in total. The average molecular weight is 230 g/mol. The molecule has 0 saturated heterocycles. The van der Waals surface area contributed by atoms with E-state index >= 15 is 0 Å². The van der Waals surface area contributed by atoms with E-state index in [1.807, 2.05) is 18.3 Å². The Balaban J connectivity index is 1.74. The normalized spacial score (nSPS) is 18.6. The molecule has 0 spiro atoms. The van der Waals surface area contributed by atoms with Gasteiger partial charge in [0.15, 0.2) is 5.65 Å². The van der Waals surface area contributed by atoms with Gasteiger partial charge in [-0.1, -0.05) is 12.8 Å². The van der Waals surface area contributed by atoms with Crippen LogP contribution in [0.25, 0.3) is 5.65 Å². The van der Waals surface area contributed by atoms with Crippen molar-refractivity contribution in [3.63, 3.8) is 0 Å². The molecule has 0 aliphatic heterocycles. The molecule has 2 aromatic heterocycles. The van der Waals surface area contributed by atoms with Crippen LogP contribution < -0.4 is 5.32 Å².